The van der Waals surface area contributed by atoms with Crippen molar-refractivity contribution in [3.05, 3.63) is 15.3 Å². The first kappa shape index (κ1) is 11.4. The molecule has 3 nitrogen and oxygen atoms in total. The standard InChI is InChI=1S/C12H16ClN3S/c1-7-6-17-11(13)10(7)16-12-14-8-4-2-3-5-9(8)15-12/h6,8-9H,2-5H2,1H3,(H2,14,15,16). The van der Waals surface area contributed by atoms with Crippen LogP contribution in [-0.2, 0) is 0 Å². The maximum Gasteiger partial charge on any atom is 0.196 e. The van der Waals surface area contributed by atoms with E-state index < -0.39 is 0 Å². The third-order valence-electron chi connectivity index (χ3n) is 3.52. The summed E-state index contributed by atoms with van der Waals surface area (Å²) in [5, 5.41) is 8.86. The van der Waals surface area contributed by atoms with Crippen molar-refractivity contribution in [2.75, 3.05) is 5.32 Å². The highest BCUT2D eigenvalue weighted by molar-refractivity contribution is 7.15. The molecule has 17 heavy (non-hydrogen) atoms. The number of nitrogens with zero attached hydrogens (tertiary/aromatic N) is 1. The van der Waals surface area contributed by atoms with Crippen LogP contribution in [0.2, 0.25) is 4.34 Å². The molecule has 1 aliphatic carbocycles. The average Bonchev–Trinajstić information content (AvgIpc) is 2.87. The van der Waals surface area contributed by atoms with Crippen molar-refractivity contribution >= 4 is 34.6 Å². The second-order valence-electron chi connectivity index (χ2n) is 4.77. The van der Waals surface area contributed by atoms with Crippen LogP contribution in [0, 0.1) is 6.92 Å². The van der Waals surface area contributed by atoms with E-state index in [1.165, 1.54) is 31.2 Å². The molecule has 92 valence electrons. The fourth-order valence-electron chi connectivity index (χ4n) is 2.56. The summed E-state index contributed by atoms with van der Waals surface area (Å²) in [6.07, 6.45) is 5.06. The van der Waals surface area contributed by atoms with Crippen LogP contribution >= 0.6 is 22.9 Å². The molecule has 5 heteroatoms. The highest BCUT2D eigenvalue weighted by atomic mass is 35.5. The number of guanidine groups is 1. The summed E-state index contributed by atoms with van der Waals surface area (Å²) in [5.74, 6) is 0.894. The topological polar surface area (TPSA) is 36.4 Å². The second-order valence-corrected chi connectivity index (χ2v) is 6.25. The molecule has 1 aromatic heterocycles. The van der Waals surface area contributed by atoms with Gasteiger partial charge in [-0.1, -0.05) is 24.4 Å². The van der Waals surface area contributed by atoms with E-state index in [4.69, 9.17) is 16.6 Å². The lowest BCUT2D eigenvalue weighted by Crippen LogP contribution is -2.38. The predicted molar refractivity (Wildman–Crippen MR) is 74.3 cm³/mol. The maximum absolute atomic E-state index is 6.15. The number of aryl methyl sites for hydroxylation is 1. The first-order valence-corrected chi connectivity index (χ1v) is 7.35. The number of fused-ring (bicyclic) bond motifs is 1. The lowest BCUT2D eigenvalue weighted by Gasteiger charge is -2.23. The van der Waals surface area contributed by atoms with Crippen LogP contribution in [-0.4, -0.2) is 18.0 Å². The van der Waals surface area contributed by atoms with Gasteiger partial charge in [0.2, 0.25) is 0 Å². The van der Waals surface area contributed by atoms with Gasteiger partial charge in [0.05, 0.1) is 17.8 Å². The van der Waals surface area contributed by atoms with Crippen LogP contribution in [0.5, 0.6) is 0 Å². The Morgan fingerprint density at radius 3 is 3.00 bits per heavy atom. The van der Waals surface area contributed by atoms with Gasteiger partial charge in [-0.05, 0) is 30.7 Å². The monoisotopic (exact) mass is 269 g/mol. The lowest BCUT2D eigenvalue weighted by atomic mass is 9.92. The number of halogens is 1. The van der Waals surface area contributed by atoms with Gasteiger partial charge in [0.25, 0.3) is 0 Å². The molecular weight excluding hydrogens is 254 g/mol. The van der Waals surface area contributed by atoms with Crippen LogP contribution in [0.25, 0.3) is 0 Å². The third kappa shape index (κ3) is 2.16. The Morgan fingerprint density at radius 2 is 2.29 bits per heavy atom. The molecule has 1 fully saturated rings. The zero-order chi connectivity index (χ0) is 11.8. The van der Waals surface area contributed by atoms with Crippen LogP contribution in [0.1, 0.15) is 31.2 Å². The third-order valence-corrected chi connectivity index (χ3v) is 4.86. The quantitative estimate of drug-likeness (QED) is 0.820. The number of hydrogen-bond donors (Lipinski definition) is 2. The maximum atomic E-state index is 6.15. The number of rotatable bonds is 1. The minimum Gasteiger partial charge on any atom is -0.351 e. The Morgan fingerprint density at radius 1 is 1.47 bits per heavy atom. The Bertz CT molecular complexity index is 435. The summed E-state index contributed by atoms with van der Waals surface area (Å²) in [6, 6.07) is 0.993. The molecule has 2 heterocycles. The van der Waals surface area contributed by atoms with Gasteiger partial charge in [-0.25, -0.2) is 4.99 Å². The molecule has 2 aliphatic rings. The van der Waals surface area contributed by atoms with E-state index in [0.717, 1.165) is 16.0 Å². The van der Waals surface area contributed by atoms with Gasteiger partial charge in [-0.3, -0.25) is 0 Å². The zero-order valence-corrected chi connectivity index (χ0v) is 11.4. The molecule has 0 radical (unpaired) electrons. The van der Waals surface area contributed by atoms with Gasteiger partial charge in [0.1, 0.15) is 4.34 Å². The van der Waals surface area contributed by atoms with Crippen LogP contribution in [0.3, 0.4) is 0 Å². The van der Waals surface area contributed by atoms with E-state index in [9.17, 15) is 0 Å². The smallest absolute Gasteiger partial charge is 0.196 e. The van der Waals surface area contributed by atoms with E-state index in [-0.39, 0.29) is 0 Å². The SMILES string of the molecule is Cc1csc(Cl)c1NC1=NC2CCCCC2N1. The summed E-state index contributed by atoms with van der Waals surface area (Å²) in [5.41, 5.74) is 2.18. The Balaban J connectivity index is 1.74. The highest BCUT2D eigenvalue weighted by Gasteiger charge is 2.31. The summed E-state index contributed by atoms with van der Waals surface area (Å²) in [4.78, 5) is 4.71. The predicted octanol–water partition coefficient (Wildman–Crippen LogP) is 3.39. The number of hydrogen-bond acceptors (Lipinski definition) is 4. The Kier molecular flexibility index (Phi) is 3.01. The van der Waals surface area contributed by atoms with Crippen molar-refractivity contribution < 1.29 is 0 Å². The summed E-state index contributed by atoms with van der Waals surface area (Å²) in [7, 11) is 0. The number of thiophene rings is 1. The molecule has 2 atom stereocenters. The second kappa shape index (κ2) is 4.50. The molecule has 0 aromatic carbocycles. The number of nitrogens with one attached hydrogen (secondary N) is 2. The van der Waals surface area contributed by atoms with E-state index in [0.29, 0.717) is 12.1 Å². The number of anilines is 1. The molecule has 1 aliphatic heterocycles. The van der Waals surface area contributed by atoms with Crippen molar-refractivity contribution in [3.8, 4) is 0 Å². The molecule has 0 saturated heterocycles. The Hall–Kier alpha value is -0.740. The molecular formula is C12H16ClN3S. The molecule has 3 rings (SSSR count). The van der Waals surface area contributed by atoms with Crippen LogP contribution in [0.15, 0.2) is 10.4 Å². The van der Waals surface area contributed by atoms with E-state index in [1.807, 2.05) is 0 Å². The molecule has 0 spiro atoms. The van der Waals surface area contributed by atoms with Crippen molar-refractivity contribution in [3.63, 3.8) is 0 Å². The first-order chi connectivity index (χ1) is 8.24. The Labute approximate surface area is 110 Å². The lowest BCUT2D eigenvalue weighted by molar-refractivity contribution is 0.384. The molecule has 0 amide bonds. The van der Waals surface area contributed by atoms with Gasteiger partial charge in [-0.2, -0.15) is 0 Å². The van der Waals surface area contributed by atoms with Crippen molar-refractivity contribution in [2.24, 2.45) is 4.99 Å². The molecule has 1 saturated carbocycles. The van der Waals surface area contributed by atoms with Gasteiger partial charge >= 0.3 is 0 Å². The minimum absolute atomic E-state index is 0.462. The average molecular weight is 270 g/mol. The van der Waals surface area contributed by atoms with Crippen molar-refractivity contribution in [2.45, 2.75) is 44.7 Å². The van der Waals surface area contributed by atoms with Gasteiger partial charge < -0.3 is 10.6 Å². The summed E-state index contributed by atoms with van der Waals surface area (Å²) in [6.45, 7) is 2.06. The van der Waals surface area contributed by atoms with Crippen molar-refractivity contribution in [1.29, 1.82) is 0 Å². The van der Waals surface area contributed by atoms with Crippen LogP contribution < -0.4 is 10.6 Å². The van der Waals surface area contributed by atoms with E-state index >= 15 is 0 Å². The van der Waals surface area contributed by atoms with E-state index in [1.54, 1.807) is 11.3 Å². The molecule has 2 unspecified atom stereocenters. The molecule has 0 bridgehead atoms. The zero-order valence-electron chi connectivity index (χ0n) is 9.79. The summed E-state index contributed by atoms with van der Waals surface area (Å²) >= 11 is 7.71. The van der Waals surface area contributed by atoms with Gasteiger partial charge in [-0.15, -0.1) is 11.3 Å². The highest BCUT2D eigenvalue weighted by Crippen LogP contribution is 2.33. The summed E-state index contributed by atoms with van der Waals surface area (Å²) < 4.78 is 0.807. The normalized spacial score (nSPS) is 27.3. The molecule has 2 N–H and O–H groups in total. The largest absolute Gasteiger partial charge is 0.351 e. The first-order valence-electron chi connectivity index (χ1n) is 6.09. The fraction of sp³-hybridized carbons (Fsp3) is 0.583. The van der Waals surface area contributed by atoms with Crippen molar-refractivity contribution in [1.82, 2.24) is 5.32 Å². The fourth-order valence-corrected chi connectivity index (χ4v) is 3.62. The van der Waals surface area contributed by atoms with Crippen LogP contribution in [0.4, 0.5) is 5.69 Å². The van der Waals surface area contributed by atoms with Gasteiger partial charge in [0, 0.05) is 0 Å². The number of aliphatic imine (C=N–C) groups is 1. The van der Waals surface area contributed by atoms with E-state index in [2.05, 4.69) is 22.9 Å². The van der Waals surface area contributed by atoms with Gasteiger partial charge in [0.15, 0.2) is 5.96 Å². The molecule has 1 aromatic rings. The minimum atomic E-state index is 0.462.